The molecule has 1 aromatic carbocycles. The Bertz CT molecular complexity index is 817. The molecule has 1 fully saturated rings. The predicted molar refractivity (Wildman–Crippen MR) is 88.6 cm³/mol. The molecule has 3 aromatic rings. The molecule has 24 heavy (non-hydrogen) atoms. The monoisotopic (exact) mass is 341 g/mol. The summed E-state index contributed by atoms with van der Waals surface area (Å²) in [5, 5.41) is 5.91. The third-order valence-electron chi connectivity index (χ3n) is 3.83. The summed E-state index contributed by atoms with van der Waals surface area (Å²) in [5.41, 5.74) is 0.884. The van der Waals surface area contributed by atoms with Crippen molar-refractivity contribution in [3.8, 4) is 11.4 Å². The van der Waals surface area contributed by atoms with Crippen molar-refractivity contribution in [2.24, 2.45) is 0 Å². The second kappa shape index (κ2) is 6.54. The number of rotatable bonds is 3. The molecule has 1 amide bonds. The Morgan fingerprint density at radius 3 is 2.88 bits per heavy atom. The molecule has 1 aliphatic rings. The van der Waals surface area contributed by atoms with E-state index in [0.29, 0.717) is 31.4 Å². The van der Waals surface area contributed by atoms with E-state index in [1.54, 1.807) is 4.90 Å². The van der Waals surface area contributed by atoms with Crippen LogP contribution < -0.4 is 0 Å². The lowest BCUT2D eigenvalue weighted by atomic mass is 10.2. The van der Waals surface area contributed by atoms with E-state index in [-0.39, 0.29) is 5.91 Å². The number of aromatic nitrogens is 2. The van der Waals surface area contributed by atoms with E-state index in [1.807, 2.05) is 47.8 Å². The molecular formula is C17H15N3O3S. The van der Waals surface area contributed by atoms with Gasteiger partial charge >= 0.3 is 0 Å². The number of benzene rings is 1. The molecule has 6 nitrogen and oxygen atoms in total. The van der Waals surface area contributed by atoms with Crippen LogP contribution in [0.5, 0.6) is 0 Å². The lowest BCUT2D eigenvalue weighted by Gasteiger charge is -2.30. The van der Waals surface area contributed by atoms with E-state index in [1.165, 1.54) is 11.3 Å². The fourth-order valence-electron chi connectivity index (χ4n) is 2.61. The average Bonchev–Trinajstić information content (AvgIpc) is 3.34. The van der Waals surface area contributed by atoms with Gasteiger partial charge in [-0.3, -0.25) is 4.79 Å². The van der Waals surface area contributed by atoms with Gasteiger partial charge < -0.3 is 14.2 Å². The second-order valence-electron chi connectivity index (χ2n) is 5.41. The maximum atomic E-state index is 12.5. The van der Waals surface area contributed by atoms with Crippen LogP contribution in [0.4, 0.5) is 0 Å². The Kier molecular flexibility index (Phi) is 4.10. The van der Waals surface area contributed by atoms with Gasteiger partial charge in [0.25, 0.3) is 11.8 Å². The number of hydrogen-bond acceptors (Lipinski definition) is 6. The smallest absolute Gasteiger partial charge is 0.264 e. The first kappa shape index (κ1) is 15.0. The summed E-state index contributed by atoms with van der Waals surface area (Å²) in [7, 11) is 0. The molecule has 122 valence electrons. The molecule has 0 aliphatic carbocycles. The maximum Gasteiger partial charge on any atom is 0.264 e. The lowest BCUT2D eigenvalue weighted by Crippen LogP contribution is -2.42. The zero-order valence-corrected chi connectivity index (χ0v) is 13.6. The van der Waals surface area contributed by atoms with Gasteiger partial charge in [-0.1, -0.05) is 41.6 Å². The largest absolute Gasteiger partial charge is 0.365 e. The predicted octanol–water partition coefficient (Wildman–Crippen LogP) is 3.01. The van der Waals surface area contributed by atoms with E-state index in [2.05, 4.69) is 10.1 Å². The van der Waals surface area contributed by atoms with Crippen molar-refractivity contribution in [2.45, 2.75) is 6.10 Å². The molecule has 0 saturated carbocycles. The third kappa shape index (κ3) is 2.95. The van der Waals surface area contributed by atoms with Crippen LogP contribution in [0, 0.1) is 0 Å². The summed E-state index contributed by atoms with van der Waals surface area (Å²) in [5.74, 6) is 0.939. The first-order chi connectivity index (χ1) is 11.8. The summed E-state index contributed by atoms with van der Waals surface area (Å²) >= 11 is 1.44. The number of nitrogens with zero attached hydrogens (tertiary/aromatic N) is 3. The highest BCUT2D eigenvalue weighted by Crippen LogP contribution is 2.25. The second-order valence-corrected chi connectivity index (χ2v) is 6.36. The maximum absolute atomic E-state index is 12.5. The van der Waals surface area contributed by atoms with Crippen molar-refractivity contribution >= 4 is 17.2 Å². The van der Waals surface area contributed by atoms with Crippen molar-refractivity contribution in [1.82, 2.24) is 15.0 Å². The van der Waals surface area contributed by atoms with E-state index < -0.39 is 6.10 Å². The van der Waals surface area contributed by atoms with E-state index in [9.17, 15) is 4.79 Å². The zero-order chi connectivity index (χ0) is 16.4. The average molecular weight is 341 g/mol. The molecule has 7 heteroatoms. The molecule has 0 N–H and O–H groups in total. The van der Waals surface area contributed by atoms with Gasteiger partial charge in [0.15, 0.2) is 6.10 Å². The third-order valence-corrected chi connectivity index (χ3v) is 4.69. The Hall–Kier alpha value is -2.51. The number of thiophene rings is 1. The molecule has 1 saturated heterocycles. The fourth-order valence-corrected chi connectivity index (χ4v) is 3.30. The molecule has 2 aromatic heterocycles. The Labute approximate surface area is 142 Å². The van der Waals surface area contributed by atoms with Crippen molar-refractivity contribution in [3.63, 3.8) is 0 Å². The van der Waals surface area contributed by atoms with Crippen molar-refractivity contribution in [2.75, 3.05) is 19.7 Å². The normalized spacial score (nSPS) is 17.8. The van der Waals surface area contributed by atoms with Gasteiger partial charge in [0.1, 0.15) is 0 Å². The fraction of sp³-hybridized carbons (Fsp3) is 0.235. The van der Waals surface area contributed by atoms with Gasteiger partial charge in [-0.05, 0) is 11.4 Å². The molecule has 4 rings (SSSR count). The summed E-state index contributed by atoms with van der Waals surface area (Å²) in [6, 6.07) is 13.3. The van der Waals surface area contributed by atoms with Gasteiger partial charge in [0, 0.05) is 12.1 Å². The SMILES string of the molecule is O=C(c1cccs1)N1CCO[C@@H](c2nc(-c3ccccc3)no2)C1. The van der Waals surface area contributed by atoms with Crippen LogP contribution in [0.15, 0.2) is 52.4 Å². The Balaban J connectivity index is 1.50. The first-order valence-corrected chi connectivity index (χ1v) is 8.52. The van der Waals surface area contributed by atoms with Crippen LogP contribution in [0.2, 0.25) is 0 Å². The highest BCUT2D eigenvalue weighted by Gasteiger charge is 2.30. The van der Waals surface area contributed by atoms with Crippen molar-refractivity contribution in [3.05, 3.63) is 58.6 Å². The first-order valence-electron chi connectivity index (χ1n) is 7.64. The number of amides is 1. The molecule has 1 atom stereocenters. The molecule has 1 aliphatic heterocycles. The highest BCUT2D eigenvalue weighted by atomic mass is 32.1. The Morgan fingerprint density at radius 2 is 2.08 bits per heavy atom. The van der Waals surface area contributed by atoms with Crippen LogP contribution in [-0.4, -0.2) is 40.6 Å². The minimum atomic E-state index is -0.396. The van der Waals surface area contributed by atoms with E-state index in [0.717, 1.165) is 10.4 Å². The van der Waals surface area contributed by atoms with Crippen LogP contribution in [0.25, 0.3) is 11.4 Å². The van der Waals surface area contributed by atoms with Gasteiger partial charge in [-0.15, -0.1) is 11.3 Å². The Morgan fingerprint density at radius 1 is 1.21 bits per heavy atom. The summed E-state index contributed by atoms with van der Waals surface area (Å²) in [4.78, 5) is 19.4. The van der Waals surface area contributed by atoms with Gasteiger partial charge in [0.2, 0.25) is 5.82 Å². The quantitative estimate of drug-likeness (QED) is 0.732. The van der Waals surface area contributed by atoms with Crippen molar-refractivity contribution < 1.29 is 14.1 Å². The minimum absolute atomic E-state index is 0.0149. The minimum Gasteiger partial charge on any atom is -0.365 e. The van der Waals surface area contributed by atoms with Crippen LogP contribution in [0.1, 0.15) is 21.7 Å². The number of carbonyl (C=O) groups excluding carboxylic acids is 1. The standard InChI is InChI=1S/C17H15N3O3S/c21-17(14-7-4-10-24-14)20-8-9-22-13(11-20)16-18-15(19-23-16)12-5-2-1-3-6-12/h1-7,10,13H,8-9,11H2/t13-/m1/s1. The molecule has 0 spiro atoms. The highest BCUT2D eigenvalue weighted by molar-refractivity contribution is 7.12. The lowest BCUT2D eigenvalue weighted by molar-refractivity contribution is -0.0365. The zero-order valence-electron chi connectivity index (χ0n) is 12.8. The topological polar surface area (TPSA) is 68.5 Å². The van der Waals surface area contributed by atoms with Crippen LogP contribution >= 0.6 is 11.3 Å². The number of hydrogen-bond donors (Lipinski definition) is 0. The van der Waals surface area contributed by atoms with Gasteiger partial charge in [-0.25, -0.2) is 0 Å². The summed E-state index contributed by atoms with van der Waals surface area (Å²) < 4.78 is 11.1. The van der Waals surface area contributed by atoms with Gasteiger partial charge in [-0.2, -0.15) is 4.98 Å². The van der Waals surface area contributed by atoms with E-state index in [4.69, 9.17) is 9.26 Å². The molecular weight excluding hydrogens is 326 g/mol. The molecule has 0 unspecified atom stereocenters. The van der Waals surface area contributed by atoms with Crippen LogP contribution in [-0.2, 0) is 4.74 Å². The van der Waals surface area contributed by atoms with Crippen molar-refractivity contribution in [1.29, 1.82) is 0 Å². The summed E-state index contributed by atoms with van der Waals surface area (Å²) in [6.07, 6.45) is -0.396. The number of ether oxygens (including phenoxy) is 1. The molecule has 0 radical (unpaired) electrons. The van der Waals surface area contributed by atoms with E-state index >= 15 is 0 Å². The number of carbonyl (C=O) groups is 1. The number of morpholine rings is 1. The molecule has 0 bridgehead atoms. The van der Waals surface area contributed by atoms with Gasteiger partial charge in [0.05, 0.1) is 18.0 Å². The summed E-state index contributed by atoms with van der Waals surface area (Å²) in [6.45, 7) is 1.42. The van der Waals surface area contributed by atoms with Crippen LogP contribution in [0.3, 0.4) is 0 Å². The molecule has 3 heterocycles.